The van der Waals surface area contributed by atoms with Crippen LogP contribution in [0.5, 0.6) is 0 Å². The maximum atomic E-state index is 12.4. The standard InChI is InChI=1S/C14H16N2O/c17-14(13-7-3-4-8-15-13)11-9-16-12-6-2-1-5-10(11)12/h1-2,5-6,9,13,15-16H,3-4,7-8H2. The molecule has 0 spiro atoms. The topological polar surface area (TPSA) is 44.9 Å². The van der Waals surface area contributed by atoms with Gasteiger partial charge in [0.1, 0.15) is 0 Å². The number of ketones is 1. The summed E-state index contributed by atoms with van der Waals surface area (Å²) in [7, 11) is 0. The van der Waals surface area contributed by atoms with E-state index in [1.807, 2.05) is 30.5 Å². The Morgan fingerprint density at radius 3 is 2.94 bits per heavy atom. The van der Waals surface area contributed by atoms with Crippen molar-refractivity contribution in [1.29, 1.82) is 0 Å². The van der Waals surface area contributed by atoms with Gasteiger partial charge in [0.2, 0.25) is 0 Å². The van der Waals surface area contributed by atoms with Crippen LogP contribution in [-0.2, 0) is 0 Å². The number of Topliss-reactive ketones (excluding diaryl/α,β-unsaturated/α-hetero) is 1. The minimum absolute atomic E-state index is 0.00274. The van der Waals surface area contributed by atoms with Crippen LogP contribution in [-0.4, -0.2) is 23.4 Å². The first-order valence-corrected chi connectivity index (χ1v) is 6.20. The van der Waals surface area contributed by atoms with Gasteiger partial charge >= 0.3 is 0 Å². The summed E-state index contributed by atoms with van der Waals surface area (Å²) in [5, 5.41) is 4.34. The highest BCUT2D eigenvalue weighted by Gasteiger charge is 2.23. The van der Waals surface area contributed by atoms with E-state index in [0.717, 1.165) is 35.9 Å². The summed E-state index contributed by atoms with van der Waals surface area (Å²) in [4.78, 5) is 15.6. The maximum absolute atomic E-state index is 12.4. The van der Waals surface area contributed by atoms with E-state index in [0.29, 0.717) is 0 Å². The molecule has 2 N–H and O–H groups in total. The first kappa shape index (κ1) is 10.5. The highest BCUT2D eigenvalue weighted by atomic mass is 16.1. The number of hydrogen-bond acceptors (Lipinski definition) is 2. The molecule has 88 valence electrons. The molecule has 2 heterocycles. The fourth-order valence-electron chi connectivity index (χ4n) is 2.54. The molecule has 1 fully saturated rings. The lowest BCUT2D eigenvalue weighted by Gasteiger charge is -2.21. The number of rotatable bonds is 2. The lowest BCUT2D eigenvalue weighted by molar-refractivity contribution is 0.0929. The van der Waals surface area contributed by atoms with Crippen molar-refractivity contribution in [3.8, 4) is 0 Å². The maximum Gasteiger partial charge on any atom is 0.181 e. The Labute approximate surface area is 100 Å². The summed E-state index contributed by atoms with van der Waals surface area (Å²) < 4.78 is 0. The molecular formula is C14H16N2O. The molecule has 1 aliphatic rings. The normalized spacial score (nSPS) is 20.6. The molecule has 1 aromatic carbocycles. The van der Waals surface area contributed by atoms with Crippen molar-refractivity contribution in [2.45, 2.75) is 25.3 Å². The van der Waals surface area contributed by atoms with Crippen molar-refractivity contribution >= 4 is 16.7 Å². The van der Waals surface area contributed by atoms with Crippen LogP contribution in [0, 0.1) is 0 Å². The van der Waals surface area contributed by atoms with Crippen LogP contribution in [0.25, 0.3) is 10.9 Å². The molecule has 0 aliphatic carbocycles. The summed E-state index contributed by atoms with van der Waals surface area (Å²) in [5.41, 5.74) is 1.85. The largest absolute Gasteiger partial charge is 0.360 e. The van der Waals surface area contributed by atoms with Crippen molar-refractivity contribution in [2.24, 2.45) is 0 Å². The highest BCUT2D eigenvalue weighted by molar-refractivity contribution is 6.10. The van der Waals surface area contributed by atoms with E-state index in [9.17, 15) is 4.79 Å². The van der Waals surface area contributed by atoms with Crippen LogP contribution in [0.4, 0.5) is 0 Å². The van der Waals surface area contributed by atoms with Crippen molar-refractivity contribution in [2.75, 3.05) is 6.54 Å². The Kier molecular flexibility index (Phi) is 2.69. The minimum atomic E-state index is 0.00274. The lowest BCUT2D eigenvalue weighted by atomic mass is 9.96. The zero-order valence-electron chi connectivity index (χ0n) is 9.70. The van der Waals surface area contributed by atoms with Crippen LogP contribution in [0.15, 0.2) is 30.5 Å². The van der Waals surface area contributed by atoms with Gasteiger partial charge in [-0.15, -0.1) is 0 Å². The monoisotopic (exact) mass is 228 g/mol. The Bertz CT molecular complexity index is 538. The van der Waals surface area contributed by atoms with Gasteiger partial charge in [-0.25, -0.2) is 0 Å². The quantitative estimate of drug-likeness (QED) is 0.776. The van der Waals surface area contributed by atoms with E-state index < -0.39 is 0 Å². The smallest absolute Gasteiger partial charge is 0.181 e. The van der Waals surface area contributed by atoms with Gasteiger partial charge in [-0.05, 0) is 25.5 Å². The van der Waals surface area contributed by atoms with E-state index in [-0.39, 0.29) is 11.8 Å². The van der Waals surface area contributed by atoms with Crippen molar-refractivity contribution in [3.05, 3.63) is 36.0 Å². The molecule has 0 radical (unpaired) electrons. The van der Waals surface area contributed by atoms with E-state index >= 15 is 0 Å². The lowest BCUT2D eigenvalue weighted by Crippen LogP contribution is -2.40. The molecule has 3 nitrogen and oxygen atoms in total. The van der Waals surface area contributed by atoms with E-state index in [4.69, 9.17) is 0 Å². The number of benzene rings is 1. The number of piperidine rings is 1. The zero-order valence-corrected chi connectivity index (χ0v) is 9.70. The number of hydrogen-bond donors (Lipinski definition) is 2. The second-order valence-electron chi connectivity index (χ2n) is 4.61. The number of H-pyrrole nitrogens is 1. The third-order valence-corrected chi connectivity index (χ3v) is 3.48. The molecule has 2 aromatic rings. The fraction of sp³-hybridized carbons (Fsp3) is 0.357. The molecule has 3 heteroatoms. The summed E-state index contributed by atoms with van der Waals surface area (Å²) in [6.45, 7) is 0.957. The van der Waals surface area contributed by atoms with Gasteiger partial charge < -0.3 is 10.3 Å². The average Bonchev–Trinajstić information content (AvgIpc) is 2.83. The second kappa shape index (κ2) is 4.34. The van der Waals surface area contributed by atoms with E-state index in [1.54, 1.807) is 0 Å². The van der Waals surface area contributed by atoms with Crippen molar-refractivity contribution < 1.29 is 4.79 Å². The van der Waals surface area contributed by atoms with Gasteiger partial charge in [-0.2, -0.15) is 0 Å². The Morgan fingerprint density at radius 2 is 2.12 bits per heavy atom. The number of nitrogens with one attached hydrogen (secondary N) is 2. The summed E-state index contributed by atoms with van der Waals surface area (Å²) >= 11 is 0. The molecule has 1 aromatic heterocycles. The predicted octanol–water partition coefficient (Wildman–Crippen LogP) is 2.49. The second-order valence-corrected chi connectivity index (χ2v) is 4.61. The van der Waals surface area contributed by atoms with Crippen molar-refractivity contribution in [3.63, 3.8) is 0 Å². The summed E-state index contributed by atoms with van der Waals surface area (Å²) in [6.07, 6.45) is 5.12. The van der Waals surface area contributed by atoms with Gasteiger partial charge in [0.05, 0.1) is 6.04 Å². The van der Waals surface area contributed by atoms with Crippen molar-refractivity contribution in [1.82, 2.24) is 10.3 Å². The Morgan fingerprint density at radius 1 is 1.24 bits per heavy atom. The Balaban J connectivity index is 1.95. The Hall–Kier alpha value is -1.61. The van der Waals surface area contributed by atoms with Crippen LogP contribution in [0.2, 0.25) is 0 Å². The number of para-hydroxylation sites is 1. The molecule has 1 unspecified atom stereocenters. The van der Waals surface area contributed by atoms with Gasteiger partial charge in [0.25, 0.3) is 0 Å². The predicted molar refractivity (Wildman–Crippen MR) is 68.3 cm³/mol. The highest BCUT2D eigenvalue weighted by Crippen LogP contribution is 2.21. The fourth-order valence-corrected chi connectivity index (χ4v) is 2.54. The number of carbonyl (C=O) groups is 1. The molecule has 1 aliphatic heterocycles. The number of aromatic nitrogens is 1. The van der Waals surface area contributed by atoms with Crippen LogP contribution >= 0.6 is 0 Å². The molecule has 0 saturated carbocycles. The van der Waals surface area contributed by atoms with Crippen LogP contribution in [0.1, 0.15) is 29.6 Å². The zero-order chi connectivity index (χ0) is 11.7. The molecular weight excluding hydrogens is 212 g/mol. The summed E-state index contributed by atoms with van der Waals surface area (Å²) in [6, 6.07) is 7.96. The van der Waals surface area contributed by atoms with E-state index in [2.05, 4.69) is 10.3 Å². The molecule has 17 heavy (non-hydrogen) atoms. The van der Waals surface area contributed by atoms with Crippen LogP contribution < -0.4 is 5.32 Å². The van der Waals surface area contributed by atoms with Gasteiger partial charge in [-0.3, -0.25) is 4.79 Å². The average molecular weight is 228 g/mol. The molecule has 1 saturated heterocycles. The van der Waals surface area contributed by atoms with Gasteiger partial charge in [0.15, 0.2) is 5.78 Å². The SMILES string of the molecule is O=C(c1c[nH]c2ccccc12)C1CCCCN1. The minimum Gasteiger partial charge on any atom is -0.360 e. The summed E-state index contributed by atoms with van der Waals surface area (Å²) in [5.74, 6) is 0.224. The molecule has 0 amide bonds. The number of aromatic amines is 1. The third kappa shape index (κ3) is 1.87. The number of fused-ring (bicyclic) bond motifs is 1. The van der Waals surface area contributed by atoms with Gasteiger partial charge in [-0.1, -0.05) is 24.6 Å². The molecule has 0 bridgehead atoms. The molecule has 1 atom stereocenters. The third-order valence-electron chi connectivity index (χ3n) is 3.48. The van der Waals surface area contributed by atoms with E-state index in [1.165, 1.54) is 6.42 Å². The number of carbonyl (C=O) groups excluding carboxylic acids is 1. The first-order valence-electron chi connectivity index (χ1n) is 6.20. The first-order chi connectivity index (χ1) is 8.36. The van der Waals surface area contributed by atoms with Gasteiger partial charge in [0, 0.05) is 22.7 Å². The van der Waals surface area contributed by atoms with Crippen LogP contribution in [0.3, 0.4) is 0 Å². The molecule has 3 rings (SSSR count).